The molecule has 174 valence electrons. The molecule has 0 unspecified atom stereocenters. The largest absolute Gasteiger partial charge is 0.476 e. The molecular formula is C27H28N4O3. The number of fused-ring (bicyclic) bond motifs is 1. The maximum Gasteiger partial charge on any atom is 0.227 e. The Labute approximate surface area is 198 Å². The number of benzene rings is 2. The molecule has 3 heterocycles. The molecule has 2 aromatic heterocycles. The van der Waals surface area contributed by atoms with Crippen molar-refractivity contribution in [1.29, 1.82) is 0 Å². The molecule has 0 aliphatic carbocycles. The van der Waals surface area contributed by atoms with Gasteiger partial charge in [0, 0.05) is 42.8 Å². The van der Waals surface area contributed by atoms with Gasteiger partial charge in [-0.1, -0.05) is 36.4 Å². The van der Waals surface area contributed by atoms with Gasteiger partial charge in [-0.3, -0.25) is 14.3 Å². The second-order valence-electron chi connectivity index (χ2n) is 8.32. The molecule has 0 radical (unpaired) electrons. The van der Waals surface area contributed by atoms with Crippen LogP contribution in [0.15, 0.2) is 77.6 Å². The molecule has 1 saturated heterocycles. The number of rotatable bonds is 7. The Morgan fingerprint density at radius 2 is 1.71 bits per heavy atom. The third-order valence-electron chi connectivity index (χ3n) is 5.90. The highest BCUT2D eigenvalue weighted by Crippen LogP contribution is 2.29. The summed E-state index contributed by atoms with van der Waals surface area (Å²) in [4.78, 5) is 20.3. The van der Waals surface area contributed by atoms with Crippen molar-refractivity contribution in [2.75, 3.05) is 44.8 Å². The number of pyridine rings is 2. The molecule has 5 rings (SSSR count). The van der Waals surface area contributed by atoms with Crippen LogP contribution in [0, 0.1) is 6.92 Å². The van der Waals surface area contributed by atoms with E-state index in [-0.39, 0.29) is 5.43 Å². The van der Waals surface area contributed by atoms with Gasteiger partial charge in [0.1, 0.15) is 17.8 Å². The topological polar surface area (TPSA) is 68.6 Å². The summed E-state index contributed by atoms with van der Waals surface area (Å²) in [7, 11) is 0. The van der Waals surface area contributed by atoms with Gasteiger partial charge in [-0.2, -0.15) is 0 Å². The molecular weight excluding hydrogens is 428 g/mol. The van der Waals surface area contributed by atoms with Crippen molar-refractivity contribution in [3.05, 3.63) is 88.7 Å². The highest BCUT2D eigenvalue weighted by atomic mass is 16.5. The zero-order valence-corrected chi connectivity index (χ0v) is 19.2. The predicted molar refractivity (Wildman–Crippen MR) is 135 cm³/mol. The third-order valence-corrected chi connectivity index (χ3v) is 5.90. The zero-order valence-electron chi connectivity index (χ0n) is 19.2. The van der Waals surface area contributed by atoms with Gasteiger partial charge < -0.3 is 14.8 Å². The number of aromatic nitrogens is 2. The van der Waals surface area contributed by atoms with Crippen LogP contribution in [0.3, 0.4) is 0 Å². The van der Waals surface area contributed by atoms with Crippen LogP contribution in [-0.2, 0) is 4.74 Å². The van der Waals surface area contributed by atoms with Crippen molar-refractivity contribution < 1.29 is 9.47 Å². The SMILES string of the molecule is Cc1cc2c(c(OCCN3CCOCC3)n1)c(=O)cc(Nc1ccccc1)n2-c1ccccc1. The maximum atomic E-state index is 13.4. The van der Waals surface area contributed by atoms with Crippen LogP contribution in [0.2, 0.25) is 0 Å². The number of nitrogens with one attached hydrogen (secondary N) is 1. The van der Waals surface area contributed by atoms with E-state index in [9.17, 15) is 4.79 Å². The lowest BCUT2D eigenvalue weighted by molar-refractivity contribution is 0.0321. The number of anilines is 2. The number of nitrogens with zero attached hydrogens (tertiary/aromatic N) is 3. The summed E-state index contributed by atoms with van der Waals surface area (Å²) in [6.07, 6.45) is 0. The van der Waals surface area contributed by atoms with Crippen LogP contribution in [0.25, 0.3) is 16.6 Å². The first-order valence-corrected chi connectivity index (χ1v) is 11.6. The Kier molecular flexibility index (Phi) is 6.56. The molecule has 7 nitrogen and oxygen atoms in total. The first-order chi connectivity index (χ1) is 16.7. The van der Waals surface area contributed by atoms with Crippen LogP contribution >= 0.6 is 0 Å². The van der Waals surface area contributed by atoms with Crippen LogP contribution in [0.5, 0.6) is 5.88 Å². The number of morpholine rings is 1. The second kappa shape index (κ2) is 10.1. The van der Waals surface area contributed by atoms with Gasteiger partial charge in [-0.15, -0.1) is 0 Å². The summed E-state index contributed by atoms with van der Waals surface area (Å²) in [5.41, 5.74) is 3.25. The quantitative estimate of drug-likeness (QED) is 0.451. The lowest BCUT2D eigenvalue weighted by atomic mass is 10.2. The molecule has 4 aromatic rings. The van der Waals surface area contributed by atoms with E-state index in [1.807, 2.05) is 78.2 Å². The molecule has 1 N–H and O–H groups in total. The van der Waals surface area contributed by atoms with Gasteiger partial charge >= 0.3 is 0 Å². The fourth-order valence-corrected chi connectivity index (χ4v) is 4.24. The lowest BCUT2D eigenvalue weighted by Crippen LogP contribution is -2.38. The molecule has 0 amide bonds. The normalized spacial score (nSPS) is 14.3. The Morgan fingerprint density at radius 3 is 2.44 bits per heavy atom. The number of hydrogen-bond acceptors (Lipinski definition) is 6. The smallest absolute Gasteiger partial charge is 0.227 e. The van der Waals surface area contributed by atoms with Crippen LogP contribution in [0.1, 0.15) is 5.69 Å². The number of ether oxygens (including phenoxy) is 2. The molecule has 7 heteroatoms. The van der Waals surface area contributed by atoms with Crippen molar-refractivity contribution >= 4 is 22.4 Å². The van der Waals surface area contributed by atoms with Crippen molar-refractivity contribution in [1.82, 2.24) is 14.5 Å². The molecule has 34 heavy (non-hydrogen) atoms. The van der Waals surface area contributed by atoms with E-state index in [1.54, 1.807) is 6.07 Å². The summed E-state index contributed by atoms with van der Waals surface area (Å²) in [5.74, 6) is 1.06. The van der Waals surface area contributed by atoms with Crippen molar-refractivity contribution in [3.63, 3.8) is 0 Å². The van der Waals surface area contributed by atoms with E-state index in [0.717, 1.165) is 55.4 Å². The van der Waals surface area contributed by atoms with Crippen LogP contribution < -0.4 is 15.5 Å². The van der Waals surface area contributed by atoms with E-state index in [4.69, 9.17) is 9.47 Å². The maximum absolute atomic E-state index is 13.4. The van der Waals surface area contributed by atoms with Crippen molar-refractivity contribution in [2.45, 2.75) is 6.92 Å². The predicted octanol–water partition coefficient (Wildman–Crippen LogP) is 4.15. The standard InChI is InChI=1S/C27H28N4O3/c1-20-18-23-26(27(28-20)34-17-14-30-12-15-33-16-13-30)24(32)19-25(29-21-8-4-2-5-9-21)31(23)22-10-6-3-7-11-22/h2-11,18-19,29H,12-17H2,1H3. The molecule has 0 atom stereocenters. The minimum absolute atomic E-state index is 0.130. The van der Waals surface area contributed by atoms with E-state index in [2.05, 4.69) is 15.2 Å². The van der Waals surface area contributed by atoms with Gasteiger partial charge in [0.2, 0.25) is 5.88 Å². The van der Waals surface area contributed by atoms with Crippen LogP contribution in [-0.4, -0.2) is 53.9 Å². The van der Waals surface area contributed by atoms with Crippen LogP contribution in [0.4, 0.5) is 11.5 Å². The third kappa shape index (κ3) is 4.81. The summed E-state index contributed by atoms with van der Waals surface area (Å²) in [5, 5.41) is 3.89. The van der Waals surface area contributed by atoms with Gasteiger partial charge in [0.25, 0.3) is 0 Å². The average Bonchev–Trinajstić information content (AvgIpc) is 2.85. The Bertz CT molecular complexity index is 1320. The molecule has 2 aromatic carbocycles. The van der Waals surface area contributed by atoms with Gasteiger partial charge in [-0.25, -0.2) is 4.98 Å². The first-order valence-electron chi connectivity index (χ1n) is 11.6. The highest BCUT2D eigenvalue weighted by molar-refractivity contribution is 5.88. The molecule has 1 fully saturated rings. The molecule has 0 bridgehead atoms. The number of hydrogen-bond donors (Lipinski definition) is 1. The minimum atomic E-state index is -0.130. The summed E-state index contributed by atoms with van der Waals surface area (Å²) < 4.78 is 13.6. The van der Waals surface area contributed by atoms with E-state index < -0.39 is 0 Å². The number of aryl methyl sites for hydroxylation is 1. The molecule has 0 saturated carbocycles. The number of para-hydroxylation sites is 2. The highest BCUT2D eigenvalue weighted by Gasteiger charge is 2.18. The van der Waals surface area contributed by atoms with E-state index in [1.165, 1.54) is 0 Å². The van der Waals surface area contributed by atoms with Gasteiger partial charge in [-0.05, 0) is 37.3 Å². The Morgan fingerprint density at radius 1 is 1.00 bits per heavy atom. The summed E-state index contributed by atoms with van der Waals surface area (Å²) >= 11 is 0. The summed E-state index contributed by atoms with van der Waals surface area (Å²) in [6, 6.07) is 23.4. The van der Waals surface area contributed by atoms with Crippen molar-refractivity contribution in [2.24, 2.45) is 0 Å². The Balaban J connectivity index is 1.58. The van der Waals surface area contributed by atoms with E-state index in [0.29, 0.717) is 23.7 Å². The van der Waals surface area contributed by atoms with Crippen molar-refractivity contribution in [3.8, 4) is 11.6 Å². The minimum Gasteiger partial charge on any atom is -0.476 e. The lowest BCUT2D eigenvalue weighted by Gasteiger charge is -2.26. The fraction of sp³-hybridized carbons (Fsp3) is 0.259. The van der Waals surface area contributed by atoms with Gasteiger partial charge in [0.05, 0.1) is 18.7 Å². The molecule has 0 spiro atoms. The molecule has 1 aliphatic rings. The zero-order chi connectivity index (χ0) is 23.3. The first kappa shape index (κ1) is 22.1. The second-order valence-corrected chi connectivity index (χ2v) is 8.32. The molecule has 1 aliphatic heterocycles. The Hall–Kier alpha value is -3.68. The summed E-state index contributed by atoms with van der Waals surface area (Å²) in [6.45, 7) is 6.41. The fourth-order valence-electron chi connectivity index (χ4n) is 4.24. The van der Waals surface area contributed by atoms with E-state index >= 15 is 0 Å². The van der Waals surface area contributed by atoms with Gasteiger partial charge in [0.15, 0.2) is 5.43 Å². The average molecular weight is 457 g/mol. The monoisotopic (exact) mass is 456 g/mol.